The summed E-state index contributed by atoms with van der Waals surface area (Å²) in [6, 6.07) is 7.96. The molecule has 0 radical (unpaired) electrons. The summed E-state index contributed by atoms with van der Waals surface area (Å²) in [5.74, 6) is -0.354. The molecule has 1 heterocycles. The first-order chi connectivity index (χ1) is 10.5. The third-order valence-electron chi connectivity index (χ3n) is 3.15. The molecule has 0 aromatic heterocycles. The second-order valence-electron chi connectivity index (χ2n) is 5.34. The van der Waals surface area contributed by atoms with Gasteiger partial charge in [0.1, 0.15) is 5.17 Å². The Kier molecular flexibility index (Phi) is 5.86. The molecule has 0 saturated heterocycles. The fourth-order valence-electron chi connectivity index (χ4n) is 2.08. The summed E-state index contributed by atoms with van der Waals surface area (Å²) in [7, 11) is 0. The minimum Gasteiger partial charge on any atom is -0.353 e. The van der Waals surface area contributed by atoms with Crippen LogP contribution in [0.4, 0.5) is 0 Å². The van der Waals surface area contributed by atoms with E-state index in [4.69, 9.17) is 11.6 Å². The first-order valence-corrected chi connectivity index (χ1v) is 8.39. The van der Waals surface area contributed by atoms with Crippen LogP contribution in [0.2, 0.25) is 0 Å². The number of thioether (sulfide) groups is 1. The molecule has 5 heteroatoms. The summed E-state index contributed by atoms with van der Waals surface area (Å²) in [6.45, 7) is 7.63. The van der Waals surface area contributed by atoms with Crippen molar-refractivity contribution in [3.05, 3.63) is 53.6 Å². The van der Waals surface area contributed by atoms with Crippen molar-refractivity contribution in [3.8, 4) is 0 Å². The third kappa shape index (κ3) is 4.24. The minimum absolute atomic E-state index is 0.0380. The van der Waals surface area contributed by atoms with Gasteiger partial charge in [-0.3, -0.25) is 4.79 Å². The lowest BCUT2D eigenvalue weighted by atomic mass is 10.0. The van der Waals surface area contributed by atoms with Gasteiger partial charge in [-0.15, -0.1) is 6.58 Å². The van der Waals surface area contributed by atoms with E-state index in [0.717, 1.165) is 16.2 Å². The lowest BCUT2D eigenvalue weighted by Gasteiger charge is -2.15. The summed E-state index contributed by atoms with van der Waals surface area (Å²) < 4.78 is 0. The normalized spacial score (nSPS) is 15.3. The van der Waals surface area contributed by atoms with E-state index in [2.05, 4.69) is 16.9 Å². The van der Waals surface area contributed by atoms with Crippen LogP contribution in [-0.4, -0.2) is 17.1 Å². The van der Waals surface area contributed by atoms with Gasteiger partial charge in [-0.2, -0.15) is 0 Å². The molecule has 0 saturated carbocycles. The highest BCUT2D eigenvalue weighted by atomic mass is 35.5. The largest absolute Gasteiger partial charge is 0.353 e. The molecule has 0 fully saturated rings. The van der Waals surface area contributed by atoms with Gasteiger partial charge >= 0.3 is 0 Å². The minimum atomic E-state index is -0.316. The molecule has 116 valence electrons. The Labute approximate surface area is 140 Å². The summed E-state index contributed by atoms with van der Waals surface area (Å²) in [6.07, 6.45) is 2.14. The van der Waals surface area contributed by atoms with Crippen LogP contribution in [0.3, 0.4) is 0 Å². The van der Waals surface area contributed by atoms with E-state index < -0.39 is 0 Å². The standard InChI is InChI=1S/C17H19ClN2OS/c1-4-12(17(21)19-11(2)3)9-13-10-22-15-8-6-5-7-14(15)16(18)20-13/h4-8,10-12H,1,9H2,2-3H3,(H,19,21). The van der Waals surface area contributed by atoms with Crippen molar-refractivity contribution in [2.75, 3.05) is 0 Å². The van der Waals surface area contributed by atoms with E-state index in [1.165, 1.54) is 0 Å². The topological polar surface area (TPSA) is 41.5 Å². The molecule has 1 unspecified atom stereocenters. The second kappa shape index (κ2) is 7.65. The number of fused-ring (bicyclic) bond motifs is 1. The zero-order chi connectivity index (χ0) is 16.1. The fourth-order valence-corrected chi connectivity index (χ4v) is 3.27. The lowest BCUT2D eigenvalue weighted by Crippen LogP contribution is -2.35. The zero-order valence-electron chi connectivity index (χ0n) is 12.7. The Morgan fingerprint density at radius 1 is 1.45 bits per heavy atom. The average Bonchev–Trinajstić information content (AvgIpc) is 2.64. The van der Waals surface area contributed by atoms with Gasteiger partial charge in [0.2, 0.25) is 5.91 Å². The number of rotatable bonds is 5. The first kappa shape index (κ1) is 16.8. The molecule has 1 aromatic rings. The van der Waals surface area contributed by atoms with Crippen LogP contribution in [0.25, 0.3) is 0 Å². The molecule has 1 aromatic carbocycles. The average molecular weight is 335 g/mol. The van der Waals surface area contributed by atoms with Crippen molar-refractivity contribution in [3.63, 3.8) is 0 Å². The van der Waals surface area contributed by atoms with Gasteiger partial charge in [0.05, 0.1) is 5.92 Å². The molecule has 0 spiro atoms. The van der Waals surface area contributed by atoms with Crippen LogP contribution in [0, 0.1) is 5.92 Å². The van der Waals surface area contributed by atoms with Crippen LogP contribution >= 0.6 is 23.4 Å². The van der Waals surface area contributed by atoms with Crippen LogP contribution in [0.15, 0.2) is 57.9 Å². The molecule has 1 aliphatic rings. The molecule has 1 N–H and O–H groups in total. The molecule has 2 rings (SSSR count). The van der Waals surface area contributed by atoms with E-state index >= 15 is 0 Å². The number of nitrogens with zero attached hydrogens (tertiary/aromatic N) is 1. The van der Waals surface area contributed by atoms with Gasteiger partial charge in [0.15, 0.2) is 0 Å². The summed E-state index contributed by atoms with van der Waals surface area (Å²) in [5, 5.41) is 5.31. The molecule has 3 nitrogen and oxygen atoms in total. The van der Waals surface area contributed by atoms with Crippen molar-refractivity contribution in [1.82, 2.24) is 5.32 Å². The first-order valence-electron chi connectivity index (χ1n) is 7.13. The molecular weight excluding hydrogens is 316 g/mol. The zero-order valence-corrected chi connectivity index (χ0v) is 14.2. The van der Waals surface area contributed by atoms with Gasteiger partial charge < -0.3 is 5.32 Å². The lowest BCUT2D eigenvalue weighted by molar-refractivity contribution is -0.124. The highest BCUT2D eigenvalue weighted by molar-refractivity contribution is 8.02. The number of carbonyl (C=O) groups excluding carboxylic acids is 1. The molecule has 22 heavy (non-hydrogen) atoms. The highest BCUT2D eigenvalue weighted by Gasteiger charge is 2.19. The molecule has 1 aliphatic heterocycles. The quantitative estimate of drug-likeness (QED) is 0.814. The van der Waals surface area contributed by atoms with E-state index in [9.17, 15) is 4.79 Å². The number of benzene rings is 1. The molecule has 0 bridgehead atoms. The van der Waals surface area contributed by atoms with E-state index in [1.807, 2.05) is 43.5 Å². The Hall–Kier alpha value is -1.52. The predicted octanol–water partition coefficient (Wildman–Crippen LogP) is 4.34. The number of amides is 1. The van der Waals surface area contributed by atoms with Gasteiger partial charge in [-0.25, -0.2) is 4.99 Å². The van der Waals surface area contributed by atoms with Crippen molar-refractivity contribution in [2.45, 2.75) is 31.2 Å². The second-order valence-corrected chi connectivity index (χ2v) is 6.60. The van der Waals surface area contributed by atoms with Crippen LogP contribution in [0.1, 0.15) is 25.8 Å². The van der Waals surface area contributed by atoms with Crippen LogP contribution in [0.5, 0.6) is 0 Å². The van der Waals surface area contributed by atoms with Crippen LogP contribution in [-0.2, 0) is 4.79 Å². The maximum absolute atomic E-state index is 12.1. The number of nitrogens with one attached hydrogen (secondary N) is 1. The van der Waals surface area contributed by atoms with Crippen molar-refractivity contribution in [2.24, 2.45) is 10.9 Å². The number of carbonyl (C=O) groups is 1. The Morgan fingerprint density at radius 2 is 2.18 bits per heavy atom. The van der Waals surface area contributed by atoms with Crippen molar-refractivity contribution < 1.29 is 4.79 Å². The Balaban J connectivity index is 2.16. The third-order valence-corrected chi connectivity index (χ3v) is 4.44. The van der Waals surface area contributed by atoms with Gasteiger partial charge in [-0.05, 0) is 25.3 Å². The monoisotopic (exact) mass is 334 g/mol. The van der Waals surface area contributed by atoms with E-state index in [0.29, 0.717) is 11.6 Å². The summed E-state index contributed by atoms with van der Waals surface area (Å²) in [5.41, 5.74) is 1.71. The molecule has 1 amide bonds. The number of hydrogen-bond donors (Lipinski definition) is 1. The Morgan fingerprint density at radius 3 is 2.86 bits per heavy atom. The summed E-state index contributed by atoms with van der Waals surface area (Å²) in [4.78, 5) is 17.7. The fraction of sp³-hybridized carbons (Fsp3) is 0.294. The van der Waals surface area contributed by atoms with E-state index in [1.54, 1.807) is 17.8 Å². The predicted molar refractivity (Wildman–Crippen MR) is 94.4 cm³/mol. The maximum atomic E-state index is 12.1. The molecular formula is C17H19ClN2OS. The summed E-state index contributed by atoms with van der Waals surface area (Å²) >= 11 is 7.88. The molecule has 1 atom stereocenters. The van der Waals surface area contributed by atoms with Gasteiger partial charge in [-0.1, -0.05) is 47.6 Å². The number of hydrogen-bond acceptors (Lipinski definition) is 3. The Bertz CT molecular complexity index is 637. The number of allylic oxidation sites excluding steroid dienone is 1. The van der Waals surface area contributed by atoms with E-state index in [-0.39, 0.29) is 17.9 Å². The van der Waals surface area contributed by atoms with Crippen molar-refractivity contribution in [1.29, 1.82) is 0 Å². The van der Waals surface area contributed by atoms with Gasteiger partial charge in [0.25, 0.3) is 0 Å². The number of aliphatic imine (C=N–C) groups is 1. The van der Waals surface area contributed by atoms with Crippen molar-refractivity contribution >= 4 is 34.4 Å². The smallest absolute Gasteiger partial charge is 0.227 e. The van der Waals surface area contributed by atoms with Crippen LogP contribution < -0.4 is 5.32 Å². The SMILES string of the molecule is C=CC(CC1=CSc2ccccc2C(Cl)=N1)C(=O)NC(C)C. The van der Waals surface area contributed by atoms with Gasteiger partial charge in [0, 0.05) is 28.6 Å². The number of halogens is 1. The highest BCUT2D eigenvalue weighted by Crippen LogP contribution is 2.32. The maximum Gasteiger partial charge on any atom is 0.227 e. The molecule has 0 aliphatic carbocycles.